The summed E-state index contributed by atoms with van der Waals surface area (Å²) in [6.45, 7) is 3.70. The second-order valence-corrected chi connectivity index (χ2v) is 8.18. The van der Waals surface area contributed by atoms with Gasteiger partial charge < -0.3 is 19.5 Å². The van der Waals surface area contributed by atoms with Crippen LogP contribution in [0.1, 0.15) is 23.6 Å². The molecule has 2 aromatic rings. The largest absolute Gasteiger partial charge is 0.573 e. The van der Waals surface area contributed by atoms with Crippen molar-refractivity contribution in [3.8, 4) is 5.75 Å². The van der Waals surface area contributed by atoms with Gasteiger partial charge >= 0.3 is 6.36 Å². The Bertz CT molecular complexity index is 988. The lowest BCUT2D eigenvalue weighted by atomic mass is 9.83. The minimum Gasteiger partial charge on any atom is -0.406 e. The number of fused-ring (bicyclic) bond motifs is 4. The van der Waals surface area contributed by atoms with E-state index in [1.54, 1.807) is 6.07 Å². The van der Waals surface area contributed by atoms with E-state index in [1.165, 1.54) is 24.3 Å². The van der Waals surface area contributed by atoms with Crippen molar-refractivity contribution in [3.63, 3.8) is 0 Å². The first kappa shape index (κ1) is 21.4. The Hall–Kier alpha value is -2.81. The Morgan fingerprint density at radius 2 is 1.87 bits per heavy atom. The maximum atomic E-state index is 12.2. The Labute approximate surface area is 177 Å². The summed E-state index contributed by atoms with van der Waals surface area (Å²) >= 11 is 0. The van der Waals surface area contributed by atoms with Crippen LogP contribution in [-0.4, -0.2) is 47.9 Å². The number of pyridine rings is 1. The fraction of sp³-hybridized carbons (Fsp3) is 0.455. The monoisotopic (exact) mass is 435 g/mol. The molecule has 1 saturated heterocycles. The fourth-order valence-corrected chi connectivity index (χ4v) is 4.59. The number of nitrogens with one attached hydrogen (secondary N) is 1. The van der Waals surface area contributed by atoms with Gasteiger partial charge in [0.05, 0.1) is 6.42 Å². The molecule has 31 heavy (non-hydrogen) atoms. The second kappa shape index (κ2) is 8.74. The van der Waals surface area contributed by atoms with Gasteiger partial charge in [-0.3, -0.25) is 9.59 Å². The number of amides is 1. The van der Waals surface area contributed by atoms with E-state index in [9.17, 15) is 22.8 Å². The van der Waals surface area contributed by atoms with Crippen LogP contribution in [0.25, 0.3) is 0 Å². The van der Waals surface area contributed by atoms with Crippen molar-refractivity contribution in [1.29, 1.82) is 0 Å². The summed E-state index contributed by atoms with van der Waals surface area (Å²) in [5, 5.41) is 2.88. The average molecular weight is 435 g/mol. The number of likely N-dealkylation sites (tertiary alicyclic amines) is 1. The molecule has 1 aromatic carbocycles. The minimum atomic E-state index is -4.73. The molecule has 2 aliphatic rings. The molecule has 2 aliphatic heterocycles. The number of hydrogen-bond acceptors (Lipinski definition) is 4. The number of alkyl halides is 3. The molecule has 1 N–H and O–H groups in total. The molecule has 0 saturated carbocycles. The van der Waals surface area contributed by atoms with Crippen molar-refractivity contribution in [3.05, 3.63) is 64.1 Å². The summed E-state index contributed by atoms with van der Waals surface area (Å²) in [5.74, 6) is 0.267. The van der Waals surface area contributed by atoms with Crippen LogP contribution in [0, 0.1) is 5.92 Å². The molecule has 1 fully saturated rings. The van der Waals surface area contributed by atoms with Crippen molar-refractivity contribution < 1.29 is 22.7 Å². The van der Waals surface area contributed by atoms with Crippen molar-refractivity contribution in [2.75, 3.05) is 26.2 Å². The first-order valence-corrected chi connectivity index (χ1v) is 10.3. The highest BCUT2D eigenvalue weighted by Gasteiger charge is 2.34. The zero-order valence-electron chi connectivity index (χ0n) is 16.9. The lowest BCUT2D eigenvalue weighted by molar-refractivity contribution is -0.274. The zero-order chi connectivity index (χ0) is 22.0. The summed E-state index contributed by atoms with van der Waals surface area (Å²) in [4.78, 5) is 26.6. The van der Waals surface area contributed by atoms with Gasteiger partial charge in [0.15, 0.2) is 0 Å². The summed E-state index contributed by atoms with van der Waals surface area (Å²) in [6, 6.07) is 10.7. The average Bonchev–Trinajstić information content (AvgIpc) is 2.69. The first-order valence-electron chi connectivity index (χ1n) is 10.3. The molecule has 1 amide bonds. The van der Waals surface area contributed by atoms with Crippen LogP contribution in [0.15, 0.2) is 47.3 Å². The maximum absolute atomic E-state index is 12.2. The highest BCUT2D eigenvalue weighted by Crippen LogP contribution is 2.34. The smallest absolute Gasteiger partial charge is 0.406 e. The number of benzene rings is 1. The van der Waals surface area contributed by atoms with Gasteiger partial charge in [-0.2, -0.15) is 0 Å². The molecular weight excluding hydrogens is 411 g/mol. The van der Waals surface area contributed by atoms with Gasteiger partial charge in [0.25, 0.3) is 5.56 Å². The number of ether oxygens (including phenoxy) is 1. The molecule has 3 heterocycles. The SMILES string of the molecule is O=C(Cc1ccc(OC(F)(F)F)cc1)NCCN1C[C@H]2C[C@@H](C1)c1cccc(=O)n1C2. The third-order valence-electron chi connectivity index (χ3n) is 5.83. The Morgan fingerprint density at radius 1 is 1.10 bits per heavy atom. The van der Waals surface area contributed by atoms with E-state index in [2.05, 4.69) is 15.0 Å². The number of rotatable bonds is 6. The highest BCUT2D eigenvalue weighted by molar-refractivity contribution is 5.78. The number of nitrogens with zero attached hydrogens (tertiary/aromatic N) is 2. The third kappa shape index (κ3) is 5.46. The number of aromatic nitrogens is 1. The molecule has 2 bridgehead atoms. The van der Waals surface area contributed by atoms with Crippen LogP contribution in [-0.2, 0) is 17.8 Å². The van der Waals surface area contributed by atoms with Gasteiger partial charge in [-0.25, -0.2) is 0 Å². The number of halogens is 3. The second-order valence-electron chi connectivity index (χ2n) is 8.18. The van der Waals surface area contributed by atoms with E-state index in [-0.39, 0.29) is 23.6 Å². The van der Waals surface area contributed by atoms with E-state index in [1.807, 2.05) is 16.7 Å². The first-order chi connectivity index (χ1) is 14.8. The molecule has 0 spiro atoms. The topological polar surface area (TPSA) is 63.6 Å². The van der Waals surface area contributed by atoms with Gasteiger partial charge in [-0.15, -0.1) is 13.2 Å². The molecule has 9 heteroatoms. The Morgan fingerprint density at radius 3 is 2.61 bits per heavy atom. The maximum Gasteiger partial charge on any atom is 0.573 e. The molecule has 166 valence electrons. The predicted octanol–water partition coefficient (Wildman–Crippen LogP) is 2.52. The van der Waals surface area contributed by atoms with Crippen molar-refractivity contribution in [2.24, 2.45) is 5.92 Å². The standard InChI is InChI=1S/C22H24F3N3O3/c23-22(24,25)31-18-6-4-15(5-7-18)11-20(29)26-8-9-27-12-16-10-17(14-27)19-2-1-3-21(30)28(19)13-16/h1-7,16-17H,8-14H2,(H,26,29)/t16-,17+/m1/s1. The van der Waals surface area contributed by atoms with Gasteiger partial charge in [0.2, 0.25) is 5.91 Å². The third-order valence-corrected chi connectivity index (χ3v) is 5.83. The molecule has 0 unspecified atom stereocenters. The zero-order valence-corrected chi connectivity index (χ0v) is 16.9. The van der Waals surface area contributed by atoms with Crippen LogP contribution in [0.3, 0.4) is 0 Å². The Kier molecular flexibility index (Phi) is 6.04. The summed E-state index contributed by atoms with van der Waals surface area (Å²) in [6.07, 6.45) is -3.56. The molecule has 0 aliphatic carbocycles. The number of piperidine rings is 1. The van der Waals surface area contributed by atoms with Crippen LogP contribution in [0.2, 0.25) is 0 Å². The Balaban J connectivity index is 1.24. The molecular formula is C22H24F3N3O3. The van der Waals surface area contributed by atoms with Gasteiger partial charge in [-0.05, 0) is 36.1 Å². The summed E-state index contributed by atoms with van der Waals surface area (Å²) in [5.41, 5.74) is 1.77. The molecule has 0 radical (unpaired) electrons. The summed E-state index contributed by atoms with van der Waals surface area (Å²) < 4.78 is 42.3. The molecule has 6 nitrogen and oxygen atoms in total. The van der Waals surface area contributed by atoms with Gasteiger partial charge in [0.1, 0.15) is 5.75 Å². The van der Waals surface area contributed by atoms with Crippen LogP contribution in [0.5, 0.6) is 5.75 Å². The lowest BCUT2D eigenvalue weighted by Gasteiger charge is -2.42. The quantitative estimate of drug-likeness (QED) is 0.758. The summed E-state index contributed by atoms with van der Waals surface area (Å²) in [7, 11) is 0. The van der Waals surface area contributed by atoms with Gasteiger partial charge in [0, 0.05) is 50.4 Å². The highest BCUT2D eigenvalue weighted by atomic mass is 19.4. The minimum absolute atomic E-state index is 0.0610. The van der Waals surface area contributed by atoms with E-state index in [4.69, 9.17) is 0 Å². The normalized spacial score (nSPS) is 20.7. The number of hydrogen-bond donors (Lipinski definition) is 1. The van der Waals surface area contributed by atoms with Crippen LogP contribution >= 0.6 is 0 Å². The molecule has 2 atom stereocenters. The van der Waals surface area contributed by atoms with Crippen molar-refractivity contribution >= 4 is 5.91 Å². The van der Waals surface area contributed by atoms with E-state index >= 15 is 0 Å². The van der Waals surface area contributed by atoms with Gasteiger partial charge in [-0.1, -0.05) is 18.2 Å². The molecule has 4 rings (SSSR count). The predicted molar refractivity (Wildman–Crippen MR) is 108 cm³/mol. The lowest BCUT2D eigenvalue weighted by Crippen LogP contribution is -2.48. The van der Waals surface area contributed by atoms with Crippen LogP contribution < -0.4 is 15.6 Å². The number of carbonyl (C=O) groups is 1. The van der Waals surface area contributed by atoms with Crippen molar-refractivity contribution in [2.45, 2.75) is 31.7 Å². The number of carbonyl (C=O) groups excluding carboxylic acids is 1. The van der Waals surface area contributed by atoms with Crippen LogP contribution in [0.4, 0.5) is 13.2 Å². The van der Waals surface area contributed by atoms with Crippen molar-refractivity contribution in [1.82, 2.24) is 14.8 Å². The van der Waals surface area contributed by atoms with E-state index < -0.39 is 6.36 Å². The van der Waals surface area contributed by atoms with E-state index in [0.29, 0.717) is 30.5 Å². The van der Waals surface area contributed by atoms with E-state index in [0.717, 1.165) is 31.7 Å². The molecule has 1 aromatic heterocycles. The fourth-order valence-electron chi connectivity index (χ4n) is 4.59.